The average Bonchev–Trinajstić information content (AvgIpc) is 2.68. The van der Waals surface area contributed by atoms with Crippen molar-refractivity contribution in [1.29, 1.82) is 0 Å². The van der Waals surface area contributed by atoms with Gasteiger partial charge in [-0.1, -0.05) is 42.5 Å². The summed E-state index contributed by atoms with van der Waals surface area (Å²) in [6.07, 6.45) is 0. The number of aryl methyl sites for hydroxylation is 1. The van der Waals surface area contributed by atoms with Gasteiger partial charge in [0.05, 0.1) is 11.3 Å². The molecule has 0 atom stereocenters. The summed E-state index contributed by atoms with van der Waals surface area (Å²) in [5.74, 6) is -0.471. The number of benzene rings is 3. The first-order chi connectivity index (χ1) is 12.9. The fraction of sp³-hybridized carbons (Fsp3) is 0.0952. The summed E-state index contributed by atoms with van der Waals surface area (Å²) in [5, 5.41) is 2.77. The van der Waals surface area contributed by atoms with Crippen LogP contribution in [0.4, 0.5) is 11.4 Å². The van der Waals surface area contributed by atoms with Gasteiger partial charge in [0, 0.05) is 12.7 Å². The van der Waals surface area contributed by atoms with Crippen LogP contribution in [0.2, 0.25) is 0 Å². The van der Waals surface area contributed by atoms with Crippen LogP contribution in [-0.2, 0) is 10.0 Å². The van der Waals surface area contributed by atoms with Crippen molar-refractivity contribution >= 4 is 27.3 Å². The second-order valence-electron chi connectivity index (χ2n) is 6.13. The molecule has 138 valence electrons. The Morgan fingerprint density at radius 3 is 2.26 bits per heavy atom. The van der Waals surface area contributed by atoms with Crippen molar-refractivity contribution in [3.8, 4) is 0 Å². The van der Waals surface area contributed by atoms with Gasteiger partial charge in [0.25, 0.3) is 15.9 Å². The molecule has 3 aromatic rings. The van der Waals surface area contributed by atoms with E-state index < -0.39 is 15.9 Å². The van der Waals surface area contributed by atoms with Gasteiger partial charge in [-0.05, 0) is 48.9 Å². The molecule has 0 bridgehead atoms. The van der Waals surface area contributed by atoms with Gasteiger partial charge in [-0.3, -0.25) is 9.10 Å². The standard InChI is InChI=1S/C21H20N2O3S/c1-16-9-8-10-17(15-16)22-21(24)19-13-6-7-14-20(19)27(25,26)23(2)18-11-4-3-5-12-18/h3-15H,1-2H3,(H,22,24). The lowest BCUT2D eigenvalue weighted by Gasteiger charge is -2.21. The highest BCUT2D eigenvalue weighted by Gasteiger charge is 2.26. The number of rotatable bonds is 5. The van der Waals surface area contributed by atoms with Gasteiger partial charge in [0.2, 0.25) is 0 Å². The molecule has 0 aliphatic rings. The topological polar surface area (TPSA) is 66.5 Å². The third kappa shape index (κ3) is 4.01. The highest BCUT2D eigenvalue weighted by molar-refractivity contribution is 7.92. The molecule has 0 radical (unpaired) electrons. The molecule has 0 aliphatic carbocycles. The zero-order valence-electron chi connectivity index (χ0n) is 15.1. The monoisotopic (exact) mass is 380 g/mol. The van der Waals surface area contributed by atoms with Crippen LogP contribution < -0.4 is 9.62 Å². The fourth-order valence-electron chi connectivity index (χ4n) is 2.72. The summed E-state index contributed by atoms with van der Waals surface area (Å²) in [4.78, 5) is 12.7. The van der Waals surface area contributed by atoms with E-state index in [9.17, 15) is 13.2 Å². The first-order valence-corrected chi connectivity index (χ1v) is 9.84. The highest BCUT2D eigenvalue weighted by Crippen LogP contribution is 2.25. The Morgan fingerprint density at radius 1 is 0.889 bits per heavy atom. The molecule has 3 aromatic carbocycles. The molecule has 1 N–H and O–H groups in total. The van der Waals surface area contributed by atoms with Crippen LogP contribution in [0.3, 0.4) is 0 Å². The van der Waals surface area contributed by atoms with E-state index in [4.69, 9.17) is 0 Å². The quantitative estimate of drug-likeness (QED) is 0.725. The maximum atomic E-state index is 13.1. The molecule has 0 saturated heterocycles. The minimum atomic E-state index is -3.90. The normalized spacial score (nSPS) is 11.0. The Morgan fingerprint density at radius 2 is 1.56 bits per heavy atom. The number of amides is 1. The van der Waals surface area contributed by atoms with Crippen LogP contribution in [-0.4, -0.2) is 21.4 Å². The molecule has 1 amide bonds. The number of carbonyl (C=O) groups excluding carboxylic acids is 1. The third-order valence-electron chi connectivity index (χ3n) is 4.17. The number of nitrogens with one attached hydrogen (secondary N) is 1. The first-order valence-electron chi connectivity index (χ1n) is 8.40. The molecular weight excluding hydrogens is 360 g/mol. The SMILES string of the molecule is Cc1cccc(NC(=O)c2ccccc2S(=O)(=O)N(C)c2ccccc2)c1. The number of carbonyl (C=O) groups is 1. The van der Waals surface area contributed by atoms with Crippen LogP contribution in [0.15, 0.2) is 83.8 Å². The van der Waals surface area contributed by atoms with E-state index in [-0.39, 0.29) is 10.5 Å². The molecule has 0 aromatic heterocycles. The molecular formula is C21H20N2O3S. The highest BCUT2D eigenvalue weighted by atomic mass is 32.2. The Hall–Kier alpha value is -3.12. The van der Waals surface area contributed by atoms with Gasteiger partial charge in [-0.15, -0.1) is 0 Å². The zero-order valence-corrected chi connectivity index (χ0v) is 15.9. The molecule has 5 nitrogen and oxygen atoms in total. The predicted molar refractivity (Wildman–Crippen MR) is 108 cm³/mol. The van der Waals surface area contributed by atoms with E-state index in [0.717, 1.165) is 5.56 Å². The molecule has 3 rings (SSSR count). The average molecular weight is 380 g/mol. The Balaban J connectivity index is 1.97. The number of hydrogen-bond acceptors (Lipinski definition) is 3. The molecule has 0 aliphatic heterocycles. The van der Waals surface area contributed by atoms with E-state index in [1.165, 1.54) is 23.5 Å². The lowest BCUT2D eigenvalue weighted by atomic mass is 10.2. The van der Waals surface area contributed by atoms with Crippen molar-refractivity contribution < 1.29 is 13.2 Å². The minimum Gasteiger partial charge on any atom is -0.322 e. The third-order valence-corrected chi connectivity index (χ3v) is 6.01. The number of nitrogens with zero attached hydrogens (tertiary/aromatic N) is 1. The summed E-state index contributed by atoms with van der Waals surface area (Å²) in [5.41, 5.74) is 2.23. The van der Waals surface area contributed by atoms with Crippen molar-refractivity contribution in [3.05, 3.63) is 90.0 Å². The summed E-state index contributed by atoms with van der Waals surface area (Å²) >= 11 is 0. The maximum absolute atomic E-state index is 13.1. The van der Waals surface area contributed by atoms with Crippen molar-refractivity contribution in [3.63, 3.8) is 0 Å². The zero-order chi connectivity index (χ0) is 19.4. The van der Waals surface area contributed by atoms with Crippen molar-refractivity contribution in [2.75, 3.05) is 16.7 Å². The fourth-order valence-corrected chi connectivity index (χ4v) is 4.11. The van der Waals surface area contributed by atoms with Gasteiger partial charge in [-0.2, -0.15) is 0 Å². The predicted octanol–water partition coefficient (Wildman–Crippen LogP) is 4.07. The minimum absolute atomic E-state index is 0.0403. The van der Waals surface area contributed by atoms with Gasteiger partial charge in [0.1, 0.15) is 4.90 Å². The lowest BCUT2D eigenvalue weighted by Crippen LogP contribution is -2.28. The van der Waals surface area contributed by atoms with Crippen molar-refractivity contribution in [1.82, 2.24) is 0 Å². The van der Waals surface area contributed by atoms with Crippen LogP contribution in [0, 0.1) is 6.92 Å². The largest absolute Gasteiger partial charge is 0.322 e. The Kier molecular flexibility index (Phi) is 5.28. The molecule has 0 saturated carbocycles. The van der Waals surface area contributed by atoms with E-state index in [1.807, 2.05) is 31.2 Å². The van der Waals surface area contributed by atoms with Crippen molar-refractivity contribution in [2.24, 2.45) is 0 Å². The molecule has 0 heterocycles. The summed E-state index contributed by atoms with van der Waals surface area (Å²) < 4.78 is 27.4. The first kappa shape index (κ1) is 18.7. The van der Waals surface area contributed by atoms with Crippen LogP contribution in [0.5, 0.6) is 0 Å². The Bertz CT molecular complexity index is 1060. The van der Waals surface area contributed by atoms with Gasteiger partial charge in [0.15, 0.2) is 0 Å². The van der Waals surface area contributed by atoms with Crippen LogP contribution in [0.25, 0.3) is 0 Å². The van der Waals surface area contributed by atoms with Crippen LogP contribution in [0.1, 0.15) is 15.9 Å². The second-order valence-corrected chi connectivity index (χ2v) is 8.07. The van der Waals surface area contributed by atoms with Crippen molar-refractivity contribution in [2.45, 2.75) is 11.8 Å². The number of hydrogen-bond donors (Lipinski definition) is 1. The summed E-state index contributed by atoms with van der Waals surface area (Å²) in [7, 11) is -2.42. The molecule has 6 heteroatoms. The smallest absolute Gasteiger partial charge is 0.264 e. The molecule has 0 unspecified atom stereocenters. The molecule has 27 heavy (non-hydrogen) atoms. The maximum Gasteiger partial charge on any atom is 0.264 e. The summed E-state index contributed by atoms with van der Waals surface area (Å²) in [6, 6.07) is 22.3. The van der Waals surface area contributed by atoms with E-state index in [2.05, 4.69) is 5.32 Å². The lowest BCUT2D eigenvalue weighted by molar-refractivity contribution is 0.102. The van der Waals surface area contributed by atoms with Crippen LogP contribution >= 0.6 is 0 Å². The molecule has 0 fully saturated rings. The van der Waals surface area contributed by atoms with E-state index >= 15 is 0 Å². The second kappa shape index (κ2) is 7.63. The number of para-hydroxylation sites is 1. The Labute approximate surface area is 159 Å². The van der Waals surface area contributed by atoms with Gasteiger partial charge >= 0.3 is 0 Å². The molecule has 0 spiro atoms. The van der Waals surface area contributed by atoms with Gasteiger partial charge in [-0.25, -0.2) is 8.42 Å². The van der Waals surface area contributed by atoms with E-state index in [0.29, 0.717) is 11.4 Å². The number of sulfonamides is 1. The van der Waals surface area contributed by atoms with Gasteiger partial charge < -0.3 is 5.32 Å². The van der Waals surface area contributed by atoms with E-state index in [1.54, 1.807) is 42.5 Å². The summed E-state index contributed by atoms with van der Waals surface area (Å²) in [6.45, 7) is 1.92. The number of anilines is 2.